The number of aliphatic hydroxyl groups excluding tert-OH is 1. The minimum absolute atomic E-state index is 0.0384. The van der Waals surface area contributed by atoms with E-state index >= 15 is 0 Å². The molecule has 0 fully saturated rings. The van der Waals surface area contributed by atoms with Gasteiger partial charge >= 0.3 is 0 Å². The summed E-state index contributed by atoms with van der Waals surface area (Å²) in [5.41, 5.74) is 5.38. The summed E-state index contributed by atoms with van der Waals surface area (Å²) in [6.07, 6.45) is 4.98. The summed E-state index contributed by atoms with van der Waals surface area (Å²) in [6, 6.07) is 0. The molecule has 9 nitrogen and oxygen atoms in total. The van der Waals surface area contributed by atoms with Crippen LogP contribution in [0.2, 0.25) is 0 Å². The number of rotatable bonds is 21. The van der Waals surface area contributed by atoms with E-state index in [2.05, 4.69) is 4.52 Å². The van der Waals surface area contributed by atoms with Crippen LogP contribution >= 0.6 is 38.0 Å². The Kier molecular flexibility index (Phi) is 21.1. The Morgan fingerprint density at radius 2 is 1.52 bits per heavy atom. The van der Waals surface area contributed by atoms with Gasteiger partial charge in [-0.2, -0.15) is 0 Å². The summed E-state index contributed by atoms with van der Waals surface area (Å²) in [4.78, 5) is 22.9. The van der Waals surface area contributed by atoms with Gasteiger partial charge in [-0.15, -0.1) is 0 Å². The van der Waals surface area contributed by atoms with Gasteiger partial charge in [0.25, 0.3) is 7.82 Å². The van der Waals surface area contributed by atoms with Crippen LogP contribution in [0.3, 0.4) is 0 Å². The predicted molar refractivity (Wildman–Crippen MR) is 107 cm³/mol. The van der Waals surface area contributed by atoms with Crippen LogP contribution in [0.25, 0.3) is 0 Å². The van der Waals surface area contributed by atoms with Crippen LogP contribution in [-0.2, 0) is 22.7 Å². The third-order valence-corrected chi connectivity index (χ3v) is 7.28. The van der Waals surface area contributed by atoms with Crippen LogP contribution in [0.5, 0.6) is 0 Å². The van der Waals surface area contributed by atoms with Gasteiger partial charge in [-0.25, -0.2) is 0 Å². The van der Waals surface area contributed by atoms with Crippen LogP contribution in [-0.4, -0.2) is 56.2 Å². The van der Waals surface area contributed by atoms with Crippen molar-refractivity contribution in [2.75, 3.05) is 51.1 Å². The molecule has 13 heteroatoms. The van der Waals surface area contributed by atoms with E-state index in [9.17, 15) is 14.4 Å². The summed E-state index contributed by atoms with van der Waals surface area (Å²) in [5, 5.41) is 8.63. The Morgan fingerprint density at radius 1 is 0.889 bits per heavy atom. The number of unbranched alkanes of at least 4 members (excludes halogenated alkanes) is 3. The van der Waals surface area contributed by atoms with E-state index in [1.165, 1.54) is 0 Å². The molecule has 0 saturated heterocycles. The lowest BCUT2D eigenvalue weighted by Crippen LogP contribution is -2.13. The maximum Gasteiger partial charge on any atom is 0.267 e. The summed E-state index contributed by atoms with van der Waals surface area (Å²) in [7, 11) is -3.44. The Balaban J connectivity index is 3.48. The normalized spacial score (nSPS) is 15.0. The van der Waals surface area contributed by atoms with Gasteiger partial charge in [0.1, 0.15) is 0 Å². The number of phosphoric ester groups is 1. The average Bonchev–Trinajstić information content (AvgIpc) is 2.64. The van der Waals surface area contributed by atoms with Crippen LogP contribution in [0, 0.1) is 0 Å². The van der Waals surface area contributed by atoms with Gasteiger partial charge < -0.3 is 38.7 Å². The van der Waals surface area contributed by atoms with Gasteiger partial charge in [-0.05, 0) is 32.2 Å². The highest BCUT2D eigenvalue weighted by Gasteiger charge is 2.09. The highest BCUT2D eigenvalue weighted by atomic mass is 33.1. The lowest BCUT2D eigenvalue weighted by Gasteiger charge is -2.25. The van der Waals surface area contributed by atoms with E-state index in [1.807, 2.05) is 0 Å². The molecule has 3 N–H and O–H groups in total. The number of hydrogen-bond donors (Lipinski definition) is 2. The van der Waals surface area contributed by atoms with E-state index in [0.717, 1.165) is 43.6 Å². The van der Waals surface area contributed by atoms with Gasteiger partial charge in [-0.3, -0.25) is 4.57 Å². The molecule has 0 aromatic carbocycles. The predicted octanol–water partition coefficient (Wildman–Crippen LogP) is 1.78. The van der Waals surface area contributed by atoms with Crippen LogP contribution in [0.15, 0.2) is 0 Å². The van der Waals surface area contributed by atoms with Crippen LogP contribution in [0.4, 0.5) is 0 Å². The molecule has 0 aliphatic rings. The van der Waals surface area contributed by atoms with E-state index < -0.39 is 16.4 Å². The van der Waals surface area contributed by atoms with Crippen molar-refractivity contribution < 1.29 is 37.6 Å². The largest absolute Gasteiger partial charge is 0.786 e. The Labute approximate surface area is 171 Å². The number of nitrogens with two attached hydrogens (primary N) is 1. The van der Waals surface area contributed by atoms with Crippen molar-refractivity contribution in [2.24, 2.45) is 5.73 Å². The molecule has 0 bridgehead atoms. The molecule has 0 aliphatic heterocycles. The smallest absolute Gasteiger partial charge is 0.267 e. The van der Waals surface area contributed by atoms with E-state index in [0.29, 0.717) is 19.6 Å². The summed E-state index contributed by atoms with van der Waals surface area (Å²) in [6.45, 7) is 0.737. The molecule has 2 atom stereocenters. The minimum atomic E-state index is -4.38. The van der Waals surface area contributed by atoms with Gasteiger partial charge in [0.15, 0.2) is 0 Å². The first-order valence-corrected chi connectivity index (χ1v) is 13.9. The first-order valence-electron chi connectivity index (χ1n) is 8.90. The summed E-state index contributed by atoms with van der Waals surface area (Å²) in [5.74, 6) is 1.59. The second-order valence-corrected chi connectivity index (χ2v) is 10.4. The van der Waals surface area contributed by atoms with Crippen molar-refractivity contribution >= 4 is 38.0 Å². The van der Waals surface area contributed by atoms with Crippen molar-refractivity contribution in [1.82, 2.24) is 0 Å². The standard InChI is InChI=1S/C14H32NO8P2S2/c15-7-3-1-2-4-9-20-24(17)21-11-12-23-25(18,19)22-10-6-14-27-26-13-5-8-16/h16H,1-15H2,(H,18,19)/q-1/p-1. The first kappa shape index (κ1) is 28.0. The summed E-state index contributed by atoms with van der Waals surface area (Å²) < 4.78 is 30.7. The highest BCUT2D eigenvalue weighted by molar-refractivity contribution is 8.76. The molecule has 0 heterocycles. The fraction of sp³-hybridized carbons (Fsp3) is 1.00. The molecule has 2 unspecified atom stereocenters. The van der Waals surface area contributed by atoms with Crippen molar-refractivity contribution in [3.63, 3.8) is 0 Å². The molecular formula is C14H31NO8P2S2-2. The SMILES string of the molecule is NCCCCCCOP([O-])OCCOP(=O)([O-])OCCCSSCCCO. The fourth-order valence-electron chi connectivity index (χ4n) is 1.61. The van der Waals surface area contributed by atoms with Crippen LogP contribution in [0.1, 0.15) is 38.5 Å². The molecule has 0 aromatic rings. The van der Waals surface area contributed by atoms with Gasteiger partial charge in [-0.1, -0.05) is 34.4 Å². The third kappa shape index (κ3) is 21.6. The second kappa shape index (κ2) is 20.3. The molecule has 0 rings (SSSR count). The van der Waals surface area contributed by atoms with E-state index in [-0.39, 0.29) is 26.4 Å². The first-order chi connectivity index (χ1) is 13.0. The molecule has 0 radical (unpaired) electrons. The maximum atomic E-state index is 11.5. The molecule has 0 saturated carbocycles. The zero-order chi connectivity index (χ0) is 20.2. The lowest BCUT2D eigenvalue weighted by molar-refractivity contribution is -0.227. The molecule has 0 spiro atoms. The van der Waals surface area contributed by atoms with E-state index in [4.69, 9.17) is 24.4 Å². The van der Waals surface area contributed by atoms with Gasteiger partial charge in [0.2, 0.25) is 0 Å². The second-order valence-electron chi connectivity index (χ2n) is 5.28. The molecule has 27 heavy (non-hydrogen) atoms. The quantitative estimate of drug-likeness (QED) is 0.145. The Bertz CT molecular complexity index is 374. The molecule has 0 aliphatic carbocycles. The number of aliphatic hydroxyl groups is 1. The Morgan fingerprint density at radius 3 is 2.22 bits per heavy atom. The minimum Gasteiger partial charge on any atom is -0.786 e. The van der Waals surface area contributed by atoms with Crippen molar-refractivity contribution in [3.8, 4) is 0 Å². The van der Waals surface area contributed by atoms with Crippen LogP contribution < -0.4 is 15.5 Å². The number of phosphoric acid groups is 1. The molecule has 164 valence electrons. The lowest BCUT2D eigenvalue weighted by atomic mass is 10.2. The topological polar surface area (TPSA) is 146 Å². The summed E-state index contributed by atoms with van der Waals surface area (Å²) >= 11 is 0. The average molecular weight is 467 g/mol. The zero-order valence-electron chi connectivity index (χ0n) is 15.5. The maximum absolute atomic E-state index is 11.5. The van der Waals surface area contributed by atoms with Gasteiger partial charge in [0.05, 0.1) is 35.0 Å². The zero-order valence-corrected chi connectivity index (χ0v) is 18.9. The molecule has 0 aromatic heterocycles. The fourth-order valence-corrected chi connectivity index (χ4v) is 5.04. The highest BCUT2D eigenvalue weighted by Crippen LogP contribution is 2.38. The Hall–Kier alpha value is 1.04. The molecule has 0 amide bonds. The third-order valence-electron chi connectivity index (χ3n) is 2.92. The van der Waals surface area contributed by atoms with Crippen molar-refractivity contribution in [2.45, 2.75) is 38.5 Å². The van der Waals surface area contributed by atoms with Gasteiger partial charge in [0, 0.05) is 18.1 Å². The monoisotopic (exact) mass is 467 g/mol. The van der Waals surface area contributed by atoms with Crippen molar-refractivity contribution in [1.29, 1.82) is 0 Å². The van der Waals surface area contributed by atoms with E-state index in [1.54, 1.807) is 21.6 Å². The number of hydrogen-bond acceptors (Lipinski definition) is 11. The molecular weight excluding hydrogens is 436 g/mol. The van der Waals surface area contributed by atoms with Crippen molar-refractivity contribution in [3.05, 3.63) is 0 Å².